The maximum atomic E-state index is 12.9. The lowest BCUT2D eigenvalue weighted by atomic mass is 9.89. The fraction of sp³-hybridized carbons (Fsp3) is 0.529. The van der Waals surface area contributed by atoms with E-state index >= 15 is 0 Å². The van der Waals surface area contributed by atoms with Crippen LogP contribution in [0.25, 0.3) is 0 Å². The van der Waals surface area contributed by atoms with Crippen LogP contribution in [0, 0.1) is 11.7 Å². The van der Waals surface area contributed by atoms with Crippen molar-refractivity contribution >= 4 is 11.8 Å². The van der Waals surface area contributed by atoms with Gasteiger partial charge in [-0.1, -0.05) is 0 Å². The number of Topliss-reactive ketones (excluding diaryl/α,β-unsaturated/α-hetero) is 1. The minimum atomic E-state index is -0.337. The Morgan fingerprint density at radius 1 is 1.14 bits per heavy atom. The zero-order valence-corrected chi connectivity index (χ0v) is 13.2. The molecular formula is C17H23FN2O2. The fourth-order valence-corrected chi connectivity index (χ4v) is 2.88. The summed E-state index contributed by atoms with van der Waals surface area (Å²) >= 11 is 0. The molecule has 1 aliphatic heterocycles. The van der Waals surface area contributed by atoms with Crippen molar-refractivity contribution in [1.82, 2.24) is 9.80 Å². The van der Waals surface area contributed by atoms with Gasteiger partial charge in [-0.3, -0.25) is 4.79 Å². The van der Waals surface area contributed by atoms with Crippen molar-refractivity contribution in [2.45, 2.75) is 26.7 Å². The summed E-state index contributed by atoms with van der Waals surface area (Å²) in [5.74, 6) is -0.364. The number of hydrogen-bond acceptors (Lipinski definition) is 2. The highest BCUT2D eigenvalue weighted by atomic mass is 19.1. The summed E-state index contributed by atoms with van der Waals surface area (Å²) in [6.07, 6.45) is 1.34. The summed E-state index contributed by atoms with van der Waals surface area (Å²) in [7, 11) is 0. The topological polar surface area (TPSA) is 40.6 Å². The van der Waals surface area contributed by atoms with Gasteiger partial charge in [0.25, 0.3) is 0 Å². The maximum absolute atomic E-state index is 12.9. The van der Waals surface area contributed by atoms with Crippen molar-refractivity contribution in [1.29, 1.82) is 0 Å². The molecule has 5 heteroatoms. The molecule has 0 aliphatic carbocycles. The fourth-order valence-electron chi connectivity index (χ4n) is 2.88. The van der Waals surface area contributed by atoms with Gasteiger partial charge in [0, 0.05) is 37.7 Å². The summed E-state index contributed by atoms with van der Waals surface area (Å²) in [4.78, 5) is 28.3. The number of carbonyl (C=O) groups is 2. The number of halogens is 1. The molecule has 0 atom stereocenters. The molecule has 1 fully saturated rings. The molecule has 0 saturated carbocycles. The van der Waals surface area contributed by atoms with E-state index in [1.165, 1.54) is 24.3 Å². The highest BCUT2D eigenvalue weighted by Gasteiger charge is 2.29. The molecule has 1 aromatic rings. The van der Waals surface area contributed by atoms with E-state index in [2.05, 4.69) is 0 Å². The number of urea groups is 1. The van der Waals surface area contributed by atoms with Crippen molar-refractivity contribution in [3.63, 3.8) is 0 Å². The predicted octanol–water partition coefficient (Wildman–Crippen LogP) is 3.18. The van der Waals surface area contributed by atoms with Crippen LogP contribution in [0.15, 0.2) is 24.3 Å². The number of likely N-dealkylation sites (tertiary alicyclic amines) is 1. The Bertz CT molecular complexity index is 518. The maximum Gasteiger partial charge on any atom is 0.319 e. The summed E-state index contributed by atoms with van der Waals surface area (Å²) in [5.41, 5.74) is 0.551. The van der Waals surface area contributed by atoms with Crippen LogP contribution in [-0.4, -0.2) is 47.8 Å². The first-order valence-corrected chi connectivity index (χ1v) is 7.90. The third-order valence-electron chi connectivity index (χ3n) is 4.30. The number of nitrogens with zero attached hydrogens (tertiary/aromatic N) is 2. The standard InChI is InChI=1S/C17H23FN2O2/c1-3-19(4-2)17(22)20-11-9-14(10-12-20)16(21)13-5-7-15(18)8-6-13/h5-8,14H,3-4,9-12H2,1-2H3. The van der Waals surface area contributed by atoms with Crippen molar-refractivity contribution in [3.05, 3.63) is 35.6 Å². The van der Waals surface area contributed by atoms with Gasteiger partial charge >= 0.3 is 6.03 Å². The Kier molecular flexibility index (Phi) is 5.52. The van der Waals surface area contributed by atoms with Gasteiger partial charge in [0.2, 0.25) is 0 Å². The number of piperidine rings is 1. The molecule has 4 nitrogen and oxygen atoms in total. The van der Waals surface area contributed by atoms with Crippen LogP contribution in [0.1, 0.15) is 37.0 Å². The smallest absolute Gasteiger partial charge is 0.319 e. The minimum Gasteiger partial charge on any atom is -0.325 e. The number of ketones is 1. The summed E-state index contributed by atoms with van der Waals surface area (Å²) in [6, 6.07) is 5.74. The quantitative estimate of drug-likeness (QED) is 0.802. The van der Waals surface area contributed by atoms with E-state index in [-0.39, 0.29) is 23.5 Å². The van der Waals surface area contributed by atoms with E-state index in [0.717, 1.165) is 0 Å². The zero-order chi connectivity index (χ0) is 16.1. The van der Waals surface area contributed by atoms with Gasteiger partial charge in [-0.05, 0) is 51.0 Å². The first-order chi connectivity index (χ1) is 10.6. The highest BCUT2D eigenvalue weighted by molar-refractivity contribution is 5.98. The average molecular weight is 306 g/mol. The molecular weight excluding hydrogens is 283 g/mol. The molecule has 1 heterocycles. The number of rotatable bonds is 4. The third kappa shape index (κ3) is 3.64. The van der Waals surface area contributed by atoms with E-state index in [9.17, 15) is 14.0 Å². The second-order valence-electron chi connectivity index (χ2n) is 5.59. The molecule has 0 spiro atoms. The third-order valence-corrected chi connectivity index (χ3v) is 4.30. The van der Waals surface area contributed by atoms with Crippen LogP contribution in [0.5, 0.6) is 0 Å². The SMILES string of the molecule is CCN(CC)C(=O)N1CCC(C(=O)c2ccc(F)cc2)CC1. The molecule has 0 aromatic heterocycles. The molecule has 0 N–H and O–H groups in total. The Balaban J connectivity index is 1.93. The zero-order valence-electron chi connectivity index (χ0n) is 13.2. The average Bonchev–Trinajstić information content (AvgIpc) is 2.56. The molecule has 2 amide bonds. The molecule has 1 aliphatic rings. The Labute approximate surface area is 130 Å². The first kappa shape index (κ1) is 16.5. The number of benzene rings is 1. The monoisotopic (exact) mass is 306 g/mol. The summed E-state index contributed by atoms with van der Waals surface area (Å²) < 4.78 is 12.9. The first-order valence-electron chi connectivity index (χ1n) is 7.90. The predicted molar refractivity (Wildman–Crippen MR) is 83.3 cm³/mol. The molecule has 1 aromatic carbocycles. The van der Waals surface area contributed by atoms with Crippen LogP contribution in [0.3, 0.4) is 0 Å². The summed E-state index contributed by atoms with van der Waals surface area (Å²) in [6.45, 7) is 6.53. The van der Waals surface area contributed by atoms with Gasteiger partial charge in [0.15, 0.2) is 5.78 Å². The lowest BCUT2D eigenvalue weighted by Crippen LogP contribution is -2.47. The lowest BCUT2D eigenvalue weighted by molar-refractivity contribution is 0.0836. The van der Waals surface area contributed by atoms with E-state index < -0.39 is 0 Å². The molecule has 0 radical (unpaired) electrons. The highest BCUT2D eigenvalue weighted by Crippen LogP contribution is 2.22. The molecule has 2 rings (SSSR count). The van der Waals surface area contributed by atoms with Crippen LogP contribution >= 0.6 is 0 Å². The van der Waals surface area contributed by atoms with Crippen molar-refractivity contribution in [2.24, 2.45) is 5.92 Å². The summed E-state index contributed by atoms with van der Waals surface area (Å²) in [5, 5.41) is 0. The molecule has 1 saturated heterocycles. The van der Waals surface area contributed by atoms with Gasteiger partial charge in [-0.25, -0.2) is 9.18 Å². The van der Waals surface area contributed by atoms with Gasteiger partial charge in [0.05, 0.1) is 0 Å². The second kappa shape index (κ2) is 7.38. The Morgan fingerprint density at radius 2 is 1.68 bits per heavy atom. The van der Waals surface area contributed by atoms with Crippen molar-refractivity contribution in [2.75, 3.05) is 26.2 Å². The van der Waals surface area contributed by atoms with Gasteiger partial charge < -0.3 is 9.80 Å². The van der Waals surface area contributed by atoms with Crippen LogP contribution < -0.4 is 0 Å². The van der Waals surface area contributed by atoms with Crippen molar-refractivity contribution in [3.8, 4) is 0 Å². The van der Waals surface area contributed by atoms with Gasteiger partial charge in [-0.15, -0.1) is 0 Å². The van der Waals surface area contributed by atoms with E-state index in [4.69, 9.17) is 0 Å². The van der Waals surface area contributed by atoms with Crippen LogP contribution in [-0.2, 0) is 0 Å². The molecule has 120 valence electrons. The minimum absolute atomic E-state index is 0.0509. The van der Waals surface area contributed by atoms with E-state index in [1.807, 2.05) is 18.7 Å². The Morgan fingerprint density at radius 3 is 2.18 bits per heavy atom. The normalized spacial score (nSPS) is 15.7. The molecule has 22 heavy (non-hydrogen) atoms. The Hall–Kier alpha value is -1.91. The number of carbonyl (C=O) groups excluding carboxylic acids is 2. The van der Waals surface area contributed by atoms with Gasteiger partial charge in [-0.2, -0.15) is 0 Å². The second-order valence-corrected chi connectivity index (χ2v) is 5.59. The largest absolute Gasteiger partial charge is 0.325 e. The molecule has 0 bridgehead atoms. The van der Waals surface area contributed by atoms with Crippen LogP contribution in [0.4, 0.5) is 9.18 Å². The van der Waals surface area contributed by atoms with E-state index in [0.29, 0.717) is 44.6 Å². The van der Waals surface area contributed by atoms with Crippen molar-refractivity contribution < 1.29 is 14.0 Å². The number of amides is 2. The lowest BCUT2D eigenvalue weighted by Gasteiger charge is -2.34. The van der Waals surface area contributed by atoms with Gasteiger partial charge in [0.1, 0.15) is 5.82 Å². The number of hydrogen-bond donors (Lipinski definition) is 0. The van der Waals surface area contributed by atoms with E-state index in [1.54, 1.807) is 4.90 Å². The molecule has 0 unspecified atom stereocenters. The van der Waals surface area contributed by atoms with Crippen LogP contribution in [0.2, 0.25) is 0 Å².